The van der Waals surface area contributed by atoms with Crippen LogP contribution in [-0.2, 0) is 6.54 Å². The highest BCUT2D eigenvalue weighted by molar-refractivity contribution is 7.16. The lowest BCUT2D eigenvalue weighted by atomic mass is 10.4. The van der Waals surface area contributed by atoms with Crippen molar-refractivity contribution >= 4 is 34.8 Å². The molecular weight excluding hydrogens is 298 g/mol. The van der Waals surface area contributed by atoms with Gasteiger partial charge in [-0.15, -0.1) is 11.3 Å². The molecule has 108 valence electrons. The lowest BCUT2D eigenvalue weighted by molar-refractivity contribution is 0.292. The molecule has 0 fully saturated rings. The third-order valence-corrected chi connectivity index (χ3v) is 3.63. The summed E-state index contributed by atoms with van der Waals surface area (Å²) in [5.74, 6) is 0.630. The quantitative estimate of drug-likeness (QED) is 0.883. The minimum atomic E-state index is 0.150. The number of rotatable bonds is 6. The van der Waals surface area contributed by atoms with E-state index in [0.717, 1.165) is 15.6 Å². The Labute approximate surface area is 126 Å². The zero-order valence-corrected chi connectivity index (χ0v) is 12.9. The molecule has 0 aliphatic heterocycles. The van der Waals surface area contributed by atoms with E-state index in [2.05, 4.69) is 15.0 Å². The monoisotopic (exact) mass is 313 g/mol. The van der Waals surface area contributed by atoms with Gasteiger partial charge in [0.25, 0.3) is 0 Å². The van der Waals surface area contributed by atoms with Crippen LogP contribution in [0.15, 0.2) is 12.1 Å². The van der Waals surface area contributed by atoms with Crippen molar-refractivity contribution in [1.82, 2.24) is 15.0 Å². The SMILES string of the molecule is CCCOc1nc(N)nc(N(C)Cc2ccc(Cl)s2)n1. The molecule has 2 aromatic rings. The van der Waals surface area contributed by atoms with Gasteiger partial charge in [0, 0.05) is 11.9 Å². The van der Waals surface area contributed by atoms with Crippen LogP contribution >= 0.6 is 22.9 Å². The molecule has 0 saturated carbocycles. The summed E-state index contributed by atoms with van der Waals surface area (Å²) in [4.78, 5) is 15.3. The third kappa shape index (κ3) is 3.94. The predicted octanol–water partition coefficient (Wildman–Crippen LogP) is 2.59. The van der Waals surface area contributed by atoms with E-state index in [9.17, 15) is 0 Å². The summed E-state index contributed by atoms with van der Waals surface area (Å²) in [6.07, 6.45) is 0.879. The molecular formula is C12H16ClN5OS. The van der Waals surface area contributed by atoms with E-state index in [4.69, 9.17) is 22.1 Å². The van der Waals surface area contributed by atoms with Crippen molar-refractivity contribution < 1.29 is 4.74 Å². The van der Waals surface area contributed by atoms with Gasteiger partial charge < -0.3 is 15.4 Å². The summed E-state index contributed by atoms with van der Waals surface area (Å²) >= 11 is 7.44. The number of thiophene rings is 1. The molecule has 0 aliphatic rings. The van der Waals surface area contributed by atoms with E-state index >= 15 is 0 Å². The molecule has 0 spiro atoms. The van der Waals surface area contributed by atoms with Crippen LogP contribution in [0.5, 0.6) is 6.01 Å². The van der Waals surface area contributed by atoms with E-state index in [1.165, 1.54) is 11.3 Å². The van der Waals surface area contributed by atoms with Crippen LogP contribution in [0.3, 0.4) is 0 Å². The molecule has 2 heterocycles. The van der Waals surface area contributed by atoms with Crippen molar-refractivity contribution in [2.24, 2.45) is 0 Å². The summed E-state index contributed by atoms with van der Waals surface area (Å²) in [6.45, 7) is 3.21. The van der Waals surface area contributed by atoms with Gasteiger partial charge in [0.15, 0.2) is 0 Å². The number of anilines is 2. The molecule has 0 aliphatic carbocycles. The molecule has 6 nitrogen and oxygen atoms in total. The zero-order valence-electron chi connectivity index (χ0n) is 11.3. The number of nitrogen functional groups attached to an aromatic ring is 1. The van der Waals surface area contributed by atoms with E-state index in [1.54, 1.807) is 0 Å². The minimum Gasteiger partial charge on any atom is -0.463 e. The average molecular weight is 314 g/mol. The first-order valence-corrected chi connectivity index (χ1v) is 7.37. The molecule has 0 amide bonds. The van der Waals surface area contributed by atoms with Crippen molar-refractivity contribution in [3.8, 4) is 6.01 Å². The number of aromatic nitrogens is 3. The fourth-order valence-electron chi connectivity index (χ4n) is 1.53. The van der Waals surface area contributed by atoms with Crippen molar-refractivity contribution in [1.29, 1.82) is 0 Å². The first kappa shape index (κ1) is 14.8. The van der Waals surface area contributed by atoms with E-state index in [0.29, 0.717) is 19.1 Å². The Bertz CT molecular complexity index is 577. The van der Waals surface area contributed by atoms with Crippen LogP contribution in [0.1, 0.15) is 18.2 Å². The minimum absolute atomic E-state index is 0.150. The standard InChI is InChI=1S/C12H16ClN5OS/c1-3-6-19-12-16-10(14)15-11(17-12)18(2)7-8-4-5-9(13)20-8/h4-5H,3,6-7H2,1-2H3,(H2,14,15,16,17). The number of nitrogens with zero attached hydrogens (tertiary/aromatic N) is 4. The molecule has 20 heavy (non-hydrogen) atoms. The molecule has 2 N–H and O–H groups in total. The lowest BCUT2D eigenvalue weighted by Crippen LogP contribution is -2.20. The van der Waals surface area contributed by atoms with Crippen LogP contribution in [0, 0.1) is 0 Å². The van der Waals surface area contributed by atoms with Gasteiger partial charge >= 0.3 is 6.01 Å². The van der Waals surface area contributed by atoms with E-state index < -0.39 is 0 Å². The number of halogens is 1. The van der Waals surface area contributed by atoms with Gasteiger partial charge in [-0.05, 0) is 18.6 Å². The Morgan fingerprint density at radius 3 is 2.80 bits per heavy atom. The number of hydrogen-bond acceptors (Lipinski definition) is 7. The van der Waals surface area contributed by atoms with Crippen molar-refractivity contribution in [3.63, 3.8) is 0 Å². The van der Waals surface area contributed by atoms with E-state index in [1.807, 2.05) is 31.0 Å². The zero-order chi connectivity index (χ0) is 14.5. The summed E-state index contributed by atoms with van der Waals surface area (Å²) < 4.78 is 6.15. The Balaban J connectivity index is 2.12. The Morgan fingerprint density at radius 1 is 1.35 bits per heavy atom. The predicted molar refractivity (Wildman–Crippen MR) is 81.5 cm³/mol. The summed E-state index contributed by atoms with van der Waals surface area (Å²) in [5.41, 5.74) is 5.68. The molecule has 2 aromatic heterocycles. The Hall–Kier alpha value is -1.60. The maximum atomic E-state index is 5.92. The second-order valence-corrected chi connectivity index (χ2v) is 5.99. The Kier molecular flexibility index (Phi) is 4.97. The van der Waals surface area contributed by atoms with Crippen LogP contribution in [-0.4, -0.2) is 28.6 Å². The second-order valence-electron chi connectivity index (χ2n) is 4.19. The fourth-order valence-corrected chi connectivity index (χ4v) is 2.67. The molecule has 0 saturated heterocycles. The molecule has 0 radical (unpaired) electrons. The molecule has 0 aromatic carbocycles. The third-order valence-electron chi connectivity index (χ3n) is 2.42. The first-order valence-electron chi connectivity index (χ1n) is 6.18. The molecule has 8 heteroatoms. The molecule has 0 bridgehead atoms. The first-order chi connectivity index (χ1) is 9.58. The molecule has 0 atom stereocenters. The van der Waals surface area contributed by atoms with Crippen LogP contribution < -0.4 is 15.4 Å². The summed E-state index contributed by atoms with van der Waals surface area (Å²) in [5, 5.41) is 0. The van der Waals surface area contributed by atoms with Crippen LogP contribution in [0.25, 0.3) is 0 Å². The molecule has 0 unspecified atom stereocenters. The maximum Gasteiger partial charge on any atom is 0.323 e. The summed E-state index contributed by atoms with van der Waals surface area (Å²) in [6, 6.07) is 4.10. The normalized spacial score (nSPS) is 10.6. The highest BCUT2D eigenvalue weighted by Gasteiger charge is 2.11. The number of nitrogens with two attached hydrogens (primary N) is 1. The van der Waals surface area contributed by atoms with E-state index in [-0.39, 0.29) is 12.0 Å². The van der Waals surface area contributed by atoms with Gasteiger partial charge in [-0.25, -0.2) is 0 Å². The van der Waals surface area contributed by atoms with Gasteiger partial charge in [-0.1, -0.05) is 18.5 Å². The smallest absolute Gasteiger partial charge is 0.323 e. The van der Waals surface area contributed by atoms with Gasteiger partial charge in [0.2, 0.25) is 11.9 Å². The fraction of sp³-hybridized carbons (Fsp3) is 0.417. The topological polar surface area (TPSA) is 77.2 Å². The van der Waals surface area contributed by atoms with Gasteiger partial charge in [-0.3, -0.25) is 0 Å². The van der Waals surface area contributed by atoms with Crippen molar-refractivity contribution in [2.75, 3.05) is 24.3 Å². The van der Waals surface area contributed by atoms with Crippen molar-refractivity contribution in [2.45, 2.75) is 19.9 Å². The largest absolute Gasteiger partial charge is 0.463 e. The molecule has 2 rings (SSSR count). The highest BCUT2D eigenvalue weighted by Crippen LogP contribution is 2.23. The highest BCUT2D eigenvalue weighted by atomic mass is 35.5. The number of hydrogen-bond donors (Lipinski definition) is 1. The van der Waals surface area contributed by atoms with Gasteiger partial charge in [0.05, 0.1) is 17.5 Å². The lowest BCUT2D eigenvalue weighted by Gasteiger charge is -2.16. The second kappa shape index (κ2) is 6.71. The maximum absolute atomic E-state index is 5.92. The Morgan fingerprint density at radius 2 is 2.15 bits per heavy atom. The van der Waals surface area contributed by atoms with Crippen LogP contribution in [0.4, 0.5) is 11.9 Å². The van der Waals surface area contributed by atoms with Crippen molar-refractivity contribution in [3.05, 3.63) is 21.3 Å². The van der Waals surface area contributed by atoms with Gasteiger partial charge in [0.1, 0.15) is 0 Å². The number of ether oxygens (including phenoxy) is 1. The summed E-state index contributed by atoms with van der Waals surface area (Å²) in [7, 11) is 1.88. The average Bonchev–Trinajstić information content (AvgIpc) is 2.81. The van der Waals surface area contributed by atoms with Gasteiger partial charge in [-0.2, -0.15) is 15.0 Å². The van der Waals surface area contributed by atoms with Crippen LogP contribution in [0.2, 0.25) is 4.34 Å².